The van der Waals surface area contributed by atoms with Gasteiger partial charge in [-0.05, 0) is 69.5 Å². The van der Waals surface area contributed by atoms with Crippen LogP contribution in [0.25, 0.3) is 0 Å². The quantitative estimate of drug-likeness (QED) is 0.775. The number of hydrogen-bond donors (Lipinski definition) is 1. The first-order valence-electron chi connectivity index (χ1n) is 8.44. The third-order valence-corrected chi connectivity index (χ3v) is 6.18. The normalized spacial score (nSPS) is 19.9. The van der Waals surface area contributed by atoms with Crippen LogP contribution in [0.5, 0.6) is 0 Å². The molecule has 0 spiro atoms. The molecule has 0 amide bonds. The van der Waals surface area contributed by atoms with Crippen molar-refractivity contribution >= 4 is 10.0 Å². The minimum Gasteiger partial charge on any atom is -0.300 e. The van der Waals surface area contributed by atoms with Crippen molar-refractivity contribution < 1.29 is 12.8 Å². The molecule has 0 aliphatic carbocycles. The molecule has 1 aromatic rings. The van der Waals surface area contributed by atoms with Crippen LogP contribution in [0.15, 0.2) is 23.1 Å². The first kappa shape index (κ1) is 18.4. The summed E-state index contributed by atoms with van der Waals surface area (Å²) in [6.07, 6.45) is 5.72. The van der Waals surface area contributed by atoms with E-state index in [1.54, 1.807) is 6.92 Å². The van der Waals surface area contributed by atoms with Gasteiger partial charge in [-0.2, -0.15) is 0 Å². The van der Waals surface area contributed by atoms with Crippen molar-refractivity contribution in [1.29, 1.82) is 0 Å². The summed E-state index contributed by atoms with van der Waals surface area (Å²) in [5.74, 6) is -0.419. The second kappa shape index (κ2) is 8.22. The molecule has 1 N–H and O–H groups in total. The lowest BCUT2D eigenvalue weighted by Crippen LogP contribution is -2.40. The van der Waals surface area contributed by atoms with E-state index in [0.29, 0.717) is 18.2 Å². The Bertz CT molecular complexity index is 619. The number of halogens is 1. The van der Waals surface area contributed by atoms with Crippen LogP contribution in [0, 0.1) is 12.7 Å². The van der Waals surface area contributed by atoms with Gasteiger partial charge in [0.15, 0.2) is 0 Å². The summed E-state index contributed by atoms with van der Waals surface area (Å²) >= 11 is 0. The molecule has 4 nitrogen and oxygen atoms in total. The second-order valence-corrected chi connectivity index (χ2v) is 7.99. The highest BCUT2D eigenvalue weighted by molar-refractivity contribution is 7.89. The van der Waals surface area contributed by atoms with Crippen LogP contribution < -0.4 is 4.72 Å². The zero-order valence-electron chi connectivity index (χ0n) is 14.0. The zero-order valence-corrected chi connectivity index (χ0v) is 14.8. The Labute approximate surface area is 139 Å². The molecule has 23 heavy (non-hydrogen) atoms. The van der Waals surface area contributed by atoms with E-state index < -0.39 is 15.8 Å². The Hall–Kier alpha value is -0.980. The van der Waals surface area contributed by atoms with Gasteiger partial charge in [0, 0.05) is 12.6 Å². The molecular formula is C17H27FN2O2S. The molecule has 0 radical (unpaired) electrons. The molecule has 1 aliphatic rings. The number of likely N-dealkylation sites (tertiary alicyclic amines) is 1. The number of hydrogen-bond acceptors (Lipinski definition) is 3. The Morgan fingerprint density at radius 3 is 2.83 bits per heavy atom. The average molecular weight is 342 g/mol. The van der Waals surface area contributed by atoms with E-state index in [-0.39, 0.29) is 4.90 Å². The smallest absolute Gasteiger partial charge is 0.240 e. The van der Waals surface area contributed by atoms with Gasteiger partial charge in [-0.1, -0.05) is 13.3 Å². The molecule has 1 atom stereocenters. The number of nitrogens with one attached hydrogen (secondary N) is 1. The highest BCUT2D eigenvalue weighted by atomic mass is 32.2. The first-order valence-corrected chi connectivity index (χ1v) is 9.92. The molecule has 1 heterocycles. The van der Waals surface area contributed by atoms with Crippen molar-refractivity contribution in [3.8, 4) is 0 Å². The summed E-state index contributed by atoms with van der Waals surface area (Å²) < 4.78 is 40.3. The largest absolute Gasteiger partial charge is 0.300 e. The first-order chi connectivity index (χ1) is 10.9. The predicted octanol–water partition coefficient (Wildman–Crippen LogP) is 3.07. The number of nitrogens with zero attached hydrogens (tertiary/aromatic N) is 1. The number of aryl methyl sites for hydroxylation is 1. The van der Waals surface area contributed by atoms with Gasteiger partial charge in [-0.25, -0.2) is 17.5 Å². The molecule has 0 unspecified atom stereocenters. The Balaban J connectivity index is 1.85. The molecule has 6 heteroatoms. The van der Waals surface area contributed by atoms with Crippen molar-refractivity contribution in [2.75, 3.05) is 19.6 Å². The van der Waals surface area contributed by atoms with Gasteiger partial charge in [-0.15, -0.1) is 0 Å². The van der Waals surface area contributed by atoms with E-state index in [2.05, 4.69) is 16.5 Å². The average Bonchev–Trinajstić information content (AvgIpc) is 2.51. The van der Waals surface area contributed by atoms with Crippen LogP contribution in [0.3, 0.4) is 0 Å². The van der Waals surface area contributed by atoms with Crippen LogP contribution in [0.4, 0.5) is 4.39 Å². The van der Waals surface area contributed by atoms with Crippen molar-refractivity contribution in [2.45, 2.75) is 56.9 Å². The lowest BCUT2D eigenvalue weighted by atomic mass is 10.00. The summed E-state index contributed by atoms with van der Waals surface area (Å²) in [5.41, 5.74) is 0.430. The SMILES string of the molecule is CC[C@@H]1CCCCN1CCCNS(=O)(=O)c1ccc(F)cc1C. The molecule has 1 fully saturated rings. The second-order valence-electron chi connectivity index (χ2n) is 6.25. The van der Waals surface area contributed by atoms with E-state index >= 15 is 0 Å². The minimum atomic E-state index is -3.56. The molecule has 0 saturated carbocycles. The third-order valence-electron chi connectivity index (χ3n) is 4.56. The maximum Gasteiger partial charge on any atom is 0.240 e. The van der Waals surface area contributed by atoms with Crippen molar-refractivity contribution in [2.24, 2.45) is 0 Å². The van der Waals surface area contributed by atoms with Crippen molar-refractivity contribution in [1.82, 2.24) is 9.62 Å². The predicted molar refractivity (Wildman–Crippen MR) is 90.4 cm³/mol. The number of piperidine rings is 1. The van der Waals surface area contributed by atoms with Gasteiger partial charge in [0.2, 0.25) is 10.0 Å². The maximum atomic E-state index is 13.1. The summed E-state index contributed by atoms with van der Waals surface area (Å²) in [6.45, 7) is 6.26. The van der Waals surface area contributed by atoms with Crippen LogP contribution in [-0.4, -0.2) is 39.0 Å². The highest BCUT2D eigenvalue weighted by Crippen LogP contribution is 2.19. The molecule has 1 saturated heterocycles. The molecule has 1 aliphatic heterocycles. The monoisotopic (exact) mass is 342 g/mol. The number of benzene rings is 1. The van der Waals surface area contributed by atoms with Gasteiger partial charge in [0.1, 0.15) is 5.82 Å². The highest BCUT2D eigenvalue weighted by Gasteiger charge is 2.21. The molecule has 130 valence electrons. The van der Waals surface area contributed by atoms with E-state index in [1.165, 1.54) is 37.5 Å². The zero-order chi connectivity index (χ0) is 16.9. The van der Waals surface area contributed by atoms with Gasteiger partial charge >= 0.3 is 0 Å². The van der Waals surface area contributed by atoms with Crippen LogP contribution in [0.1, 0.15) is 44.6 Å². The fourth-order valence-electron chi connectivity index (χ4n) is 3.30. The fourth-order valence-corrected chi connectivity index (χ4v) is 4.60. The van der Waals surface area contributed by atoms with E-state index in [1.807, 2.05) is 0 Å². The fraction of sp³-hybridized carbons (Fsp3) is 0.647. The van der Waals surface area contributed by atoms with Gasteiger partial charge in [-0.3, -0.25) is 0 Å². The summed E-state index contributed by atoms with van der Waals surface area (Å²) in [5, 5.41) is 0. The summed E-state index contributed by atoms with van der Waals surface area (Å²) in [7, 11) is -3.56. The molecule has 0 aromatic heterocycles. The molecule has 2 rings (SSSR count). The van der Waals surface area contributed by atoms with Crippen LogP contribution in [0.2, 0.25) is 0 Å². The van der Waals surface area contributed by atoms with Gasteiger partial charge < -0.3 is 4.90 Å². The van der Waals surface area contributed by atoms with E-state index in [4.69, 9.17) is 0 Å². The molecular weight excluding hydrogens is 315 g/mol. The van der Waals surface area contributed by atoms with Crippen molar-refractivity contribution in [3.63, 3.8) is 0 Å². The topological polar surface area (TPSA) is 49.4 Å². The maximum absolute atomic E-state index is 13.1. The Kier molecular flexibility index (Phi) is 6.56. The number of rotatable bonds is 7. The van der Waals surface area contributed by atoms with Crippen LogP contribution >= 0.6 is 0 Å². The Morgan fingerprint density at radius 2 is 2.13 bits per heavy atom. The molecule has 1 aromatic carbocycles. The van der Waals surface area contributed by atoms with Crippen molar-refractivity contribution in [3.05, 3.63) is 29.6 Å². The van der Waals surface area contributed by atoms with Gasteiger partial charge in [0.05, 0.1) is 4.90 Å². The summed E-state index contributed by atoms with van der Waals surface area (Å²) in [6, 6.07) is 4.39. The Morgan fingerprint density at radius 1 is 1.35 bits per heavy atom. The lowest BCUT2D eigenvalue weighted by Gasteiger charge is -2.35. The van der Waals surface area contributed by atoms with Gasteiger partial charge in [0.25, 0.3) is 0 Å². The number of sulfonamides is 1. The third kappa shape index (κ3) is 4.99. The minimum absolute atomic E-state index is 0.156. The van der Waals surface area contributed by atoms with E-state index in [9.17, 15) is 12.8 Å². The lowest BCUT2D eigenvalue weighted by molar-refractivity contribution is 0.143. The summed E-state index contributed by atoms with van der Waals surface area (Å²) in [4.78, 5) is 2.63. The van der Waals surface area contributed by atoms with E-state index in [0.717, 1.165) is 25.9 Å². The standard InChI is InChI=1S/C17H27FN2O2S/c1-3-16-7-4-5-11-20(16)12-6-10-19-23(21,22)17-9-8-15(18)13-14(17)2/h8-9,13,16,19H,3-7,10-12H2,1-2H3/t16-/m1/s1. The molecule has 0 bridgehead atoms. The van der Waals surface area contributed by atoms with Crippen LogP contribution in [-0.2, 0) is 10.0 Å².